The van der Waals surface area contributed by atoms with Crippen molar-refractivity contribution in [3.05, 3.63) is 34.3 Å². The van der Waals surface area contributed by atoms with E-state index in [9.17, 15) is 4.79 Å². The minimum Gasteiger partial charge on any atom is -0.348 e. The van der Waals surface area contributed by atoms with Crippen molar-refractivity contribution in [3.63, 3.8) is 0 Å². The predicted molar refractivity (Wildman–Crippen MR) is 83.1 cm³/mol. The van der Waals surface area contributed by atoms with Crippen molar-refractivity contribution in [2.75, 3.05) is 20.3 Å². The second-order valence-corrected chi connectivity index (χ2v) is 6.59. The number of carbonyl (C=O) groups excluding carboxylic acids is 1. The summed E-state index contributed by atoms with van der Waals surface area (Å²) in [5.74, 6) is -0.301. The molecule has 1 aliphatic heterocycles. The van der Waals surface area contributed by atoms with Crippen molar-refractivity contribution in [3.8, 4) is 0 Å². The molecule has 1 aliphatic carbocycles. The van der Waals surface area contributed by atoms with E-state index >= 15 is 0 Å². The monoisotopic (exact) mass is 353 g/mol. The fourth-order valence-corrected chi connectivity index (χ4v) is 3.66. The Balaban J connectivity index is 1.65. The predicted octanol–water partition coefficient (Wildman–Crippen LogP) is 3.21. The van der Waals surface area contributed by atoms with Gasteiger partial charge in [-0.2, -0.15) is 0 Å². The lowest BCUT2D eigenvalue weighted by atomic mass is 9.89. The summed E-state index contributed by atoms with van der Waals surface area (Å²) in [6.07, 6.45) is 3.58. The van der Waals surface area contributed by atoms with Gasteiger partial charge in [-0.25, -0.2) is 0 Å². The highest BCUT2D eigenvalue weighted by Gasteiger charge is 2.41. The van der Waals surface area contributed by atoms with Crippen LogP contribution in [0.4, 0.5) is 0 Å². The maximum absolute atomic E-state index is 12.6. The third-order valence-corrected chi connectivity index (χ3v) is 5.19. The number of amides is 1. The zero-order valence-electron chi connectivity index (χ0n) is 12.2. The highest BCUT2D eigenvalue weighted by atomic mass is 79.9. The van der Waals surface area contributed by atoms with Gasteiger partial charge in [-0.1, -0.05) is 12.1 Å². The van der Waals surface area contributed by atoms with Crippen LogP contribution in [0.25, 0.3) is 0 Å². The standard InChI is InChI=1S/C16H20BrNO3/c1-18(15(19)13-4-2-3-5-14(13)17)12-6-8-16(9-7-12)20-10-11-21-16/h2-5,12H,6-11H2,1H3. The van der Waals surface area contributed by atoms with E-state index in [1.807, 2.05) is 36.2 Å². The fraction of sp³-hybridized carbons (Fsp3) is 0.562. The van der Waals surface area contributed by atoms with E-state index in [0.29, 0.717) is 18.8 Å². The molecule has 5 heteroatoms. The lowest BCUT2D eigenvalue weighted by Crippen LogP contribution is -2.45. The van der Waals surface area contributed by atoms with Gasteiger partial charge in [-0.15, -0.1) is 0 Å². The van der Waals surface area contributed by atoms with Crippen LogP contribution >= 0.6 is 15.9 Å². The molecular formula is C16H20BrNO3. The molecule has 1 amide bonds. The molecule has 0 aromatic heterocycles. The zero-order chi connectivity index (χ0) is 14.9. The topological polar surface area (TPSA) is 38.8 Å². The normalized spacial score (nSPS) is 21.6. The second kappa shape index (κ2) is 6.07. The number of carbonyl (C=O) groups is 1. The first-order chi connectivity index (χ1) is 10.1. The van der Waals surface area contributed by atoms with Gasteiger partial charge in [0.15, 0.2) is 5.79 Å². The molecule has 0 unspecified atom stereocenters. The molecule has 0 radical (unpaired) electrons. The number of halogens is 1. The van der Waals surface area contributed by atoms with Crippen LogP contribution < -0.4 is 0 Å². The molecule has 0 bridgehead atoms. The molecule has 1 aromatic carbocycles. The quantitative estimate of drug-likeness (QED) is 0.819. The van der Waals surface area contributed by atoms with E-state index in [1.165, 1.54) is 0 Å². The molecule has 0 atom stereocenters. The van der Waals surface area contributed by atoms with Crippen molar-refractivity contribution < 1.29 is 14.3 Å². The highest BCUT2D eigenvalue weighted by Crippen LogP contribution is 2.37. The lowest BCUT2D eigenvalue weighted by molar-refractivity contribution is -0.182. The van der Waals surface area contributed by atoms with Gasteiger partial charge in [0, 0.05) is 30.4 Å². The third-order valence-electron chi connectivity index (χ3n) is 4.50. The Morgan fingerprint density at radius 1 is 1.24 bits per heavy atom. The summed E-state index contributed by atoms with van der Waals surface area (Å²) in [5, 5.41) is 0. The summed E-state index contributed by atoms with van der Waals surface area (Å²) in [4.78, 5) is 14.5. The van der Waals surface area contributed by atoms with Gasteiger partial charge >= 0.3 is 0 Å². The Kier molecular flexibility index (Phi) is 4.33. The number of ether oxygens (including phenoxy) is 2. The third kappa shape index (κ3) is 3.00. The molecule has 4 nitrogen and oxygen atoms in total. The van der Waals surface area contributed by atoms with Crippen molar-refractivity contribution in [2.24, 2.45) is 0 Å². The summed E-state index contributed by atoms with van der Waals surface area (Å²) < 4.78 is 12.3. The van der Waals surface area contributed by atoms with Crippen molar-refractivity contribution in [2.45, 2.75) is 37.5 Å². The van der Waals surface area contributed by atoms with E-state index in [1.54, 1.807) is 0 Å². The number of nitrogens with zero attached hydrogens (tertiary/aromatic N) is 1. The zero-order valence-corrected chi connectivity index (χ0v) is 13.8. The first kappa shape index (κ1) is 15.0. The highest BCUT2D eigenvalue weighted by molar-refractivity contribution is 9.10. The summed E-state index contributed by atoms with van der Waals surface area (Å²) in [7, 11) is 1.89. The van der Waals surface area contributed by atoms with E-state index in [2.05, 4.69) is 15.9 Å². The van der Waals surface area contributed by atoms with Crippen molar-refractivity contribution in [1.82, 2.24) is 4.90 Å². The summed E-state index contributed by atoms with van der Waals surface area (Å²) in [6.45, 7) is 1.38. The van der Waals surface area contributed by atoms with Gasteiger partial charge in [-0.3, -0.25) is 4.79 Å². The molecule has 114 valence electrons. The minimum absolute atomic E-state index is 0.0664. The Hall–Kier alpha value is -0.910. The van der Waals surface area contributed by atoms with Gasteiger partial charge in [0.05, 0.1) is 18.8 Å². The van der Waals surface area contributed by atoms with Gasteiger partial charge in [0.1, 0.15) is 0 Å². The van der Waals surface area contributed by atoms with Crippen molar-refractivity contribution >= 4 is 21.8 Å². The number of hydrogen-bond donors (Lipinski definition) is 0. The van der Waals surface area contributed by atoms with Gasteiger partial charge in [0.2, 0.25) is 0 Å². The van der Waals surface area contributed by atoms with E-state index in [0.717, 1.165) is 30.2 Å². The second-order valence-electron chi connectivity index (χ2n) is 5.73. The molecule has 1 aromatic rings. The summed E-state index contributed by atoms with van der Waals surface area (Å²) in [5.41, 5.74) is 0.716. The van der Waals surface area contributed by atoms with Crippen LogP contribution in [0.2, 0.25) is 0 Å². The number of benzene rings is 1. The van der Waals surface area contributed by atoms with Crippen LogP contribution in [0.1, 0.15) is 36.0 Å². The average Bonchev–Trinajstić information content (AvgIpc) is 2.95. The average molecular weight is 354 g/mol. The van der Waals surface area contributed by atoms with Crippen LogP contribution in [0.15, 0.2) is 28.7 Å². The van der Waals surface area contributed by atoms with Crippen LogP contribution in [0, 0.1) is 0 Å². The van der Waals surface area contributed by atoms with E-state index in [-0.39, 0.29) is 17.7 Å². The first-order valence-corrected chi connectivity index (χ1v) is 8.20. The Labute approximate surface area is 133 Å². The van der Waals surface area contributed by atoms with Gasteiger partial charge in [0.25, 0.3) is 5.91 Å². The van der Waals surface area contributed by atoms with Crippen LogP contribution in [-0.2, 0) is 9.47 Å². The summed E-state index contributed by atoms with van der Waals surface area (Å²) in [6, 6.07) is 7.82. The molecular weight excluding hydrogens is 334 g/mol. The lowest BCUT2D eigenvalue weighted by Gasteiger charge is -2.39. The first-order valence-electron chi connectivity index (χ1n) is 7.41. The van der Waals surface area contributed by atoms with E-state index < -0.39 is 0 Å². The van der Waals surface area contributed by atoms with Crippen LogP contribution in [0.3, 0.4) is 0 Å². The molecule has 1 spiro atoms. The Morgan fingerprint density at radius 3 is 2.48 bits per heavy atom. The summed E-state index contributed by atoms with van der Waals surface area (Å²) >= 11 is 3.45. The SMILES string of the molecule is CN(C(=O)c1ccccc1Br)C1CCC2(CC1)OCCO2. The largest absolute Gasteiger partial charge is 0.348 e. The van der Waals surface area contributed by atoms with Crippen molar-refractivity contribution in [1.29, 1.82) is 0 Å². The number of rotatable bonds is 2. The molecule has 3 rings (SSSR count). The van der Waals surface area contributed by atoms with Gasteiger partial charge < -0.3 is 14.4 Å². The molecule has 1 heterocycles. The smallest absolute Gasteiger partial charge is 0.254 e. The van der Waals surface area contributed by atoms with Crippen LogP contribution in [-0.4, -0.2) is 42.9 Å². The molecule has 21 heavy (non-hydrogen) atoms. The minimum atomic E-state index is -0.367. The fourth-order valence-electron chi connectivity index (χ4n) is 3.21. The Bertz CT molecular complexity index is 518. The number of hydrogen-bond acceptors (Lipinski definition) is 3. The molecule has 2 fully saturated rings. The molecule has 0 N–H and O–H groups in total. The maximum atomic E-state index is 12.6. The van der Waals surface area contributed by atoms with E-state index in [4.69, 9.17) is 9.47 Å². The molecule has 1 saturated heterocycles. The van der Waals surface area contributed by atoms with Crippen LogP contribution in [0.5, 0.6) is 0 Å². The molecule has 1 saturated carbocycles. The Morgan fingerprint density at radius 2 is 1.86 bits per heavy atom. The molecule has 2 aliphatic rings. The maximum Gasteiger partial charge on any atom is 0.254 e. The van der Waals surface area contributed by atoms with Gasteiger partial charge in [-0.05, 0) is 40.9 Å².